The van der Waals surface area contributed by atoms with E-state index in [1.165, 1.54) is 0 Å². The van der Waals surface area contributed by atoms with Crippen molar-refractivity contribution < 1.29 is 0 Å². The average Bonchev–Trinajstić information content (AvgIpc) is 2.88. The molecular weight excluding hydrogens is 338 g/mol. The summed E-state index contributed by atoms with van der Waals surface area (Å²) in [7, 11) is 0. The molecule has 3 nitrogen and oxygen atoms in total. The third-order valence-corrected chi connectivity index (χ3v) is 4.18. The molecule has 5 heteroatoms. The minimum atomic E-state index is 0.486. The van der Waals surface area contributed by atoms with Crippen LogP contribution in [-0.2, 0) is 6.54 Å². The van der Waals surface area contributed by atoms with Crippen LogP contribution < -0.4 is 5.32 Å². The van der Waals surface area contributed by atoms with Crippen molar-refractivity contribution in [3.05, 3.63) is 45.7 Å². The maximum absolute atomic E-state index is 6.18. The van der Waals surface area contributed by atoms with Crippen LogP contribution in [0, 0.1) is 0 Å². The topological polar surface area (TPSA) is 29.9 Å². The van der Waals surface area contributed by atoms with Gasteiger partial charge in [-0.1, -0.05) is 41.4 Å². The standard InChI is InChI=1S/C15H19BrClN3/c1-3-13(4-2)20-8-7-12(19-20)10-18-15-6-5-11(16)9-14(15)17/h5-9,13,18H,3-4,10H2,1-2H3. The van der Waals surface area contributed by atoms with E-state index in [1.54, 1.807) is 0 Å². The Morgan fingerprint density at radius 2 is 2.05 bits per heavy atom. The predicted molar refractivity (Wildman–Crippen MR) is 88.3 cm³/mol. The normalized spacial score (nSPS) is 11.1. The van der Waals surface area contributed by atoms with Gasteiger partial charge < -0.3 is 5.32 Å². The lowest BCUT2D eigenvalue weighted by atomic mass is 10.2. The third-order valence-electron chi connectivity index (χ3n) is 3.37. The molecule has 0 unspecified atom stereocenters. The smallest absolute Gasteiger partial charge is 0.0815 e. The first kappa shape index (κ1) is 15.4. The maximum Gasteiger partial charge on any atom is 0.0815 e. The summed E-state index contributed by atoms with van der Waals surface area (Å²) in [5, 5.41) is 8.64. The number of hydrogen-bond acceptors (Lipinski definition) is 2. The highest BCUT2D eigenvalue weighted by molar-refractivity contribution is 9.10. The van der Waals surface area contributed by atoms with E-state index in [4.69, 9.17) is 11.6 Å². The second-order valence-corrected chi connectivity index (χ2v) is 6.06. The van der Waals surface area contributed by atoms with Gasteiger partial charge in [-0.05, 0) is 37.1 Å². The minimum absolute atomic E-state index is 0.486. The molecule has 0 saturated heterocycles. The minimum Gasteiger partial charge on any atom is -0.378 e. The summed E-state index contributed by atoms with van der Waals surface area (Å²) >= 11 is 9.58. The van der Waals surface area contributed by atoms with Gasteiger partial charge in [-0.3, -0.25) is 4.68 Å². The molecule has 0 aliphatic rings. The maximum atomic E-state index is 6.18. The lowest BCUT2D eigenvalue weighted by Gasteiger charge is -2.12. The fourth-order valence-corrected chi connectivity index (χ4v) is 2.90. The lowest BCUT2D eigenvalue weighted by Crippen LogP contribution is -2.09. The van der Waals surface area contributed by atoms with Crippen LogP contribution >= 0.6 is 27.5 Å². The molecule has 1 N–H and O–H groups in total. The molecule has 0 aliphatic heterocycles. The zero-order chi connectivity index (χ0) is 14.5. The molecule has 0 bridgehead atoms. The van der Waals surface area contributed by atoms with Crippen molar-refractivity contribution in [2.45, 2.75) is 39.3 Å². The summed E-state index contributed by atoms with van der Waals surface area (Å²) in [4.78, 5) is 0. The Kier molecular flexibility index (Phi) is 5.49. The number of aromatic nitrogens is 2. The molecule has 1 heterocycles. The SMILES string of the molecule is CCC(CC)n1ccc(CNc2ccc(Br)cc2Cl)n1. The van der Waals surface area contributed by atoms with Crippen LogP contribution in [0.4, 0.5) is 5.69 Å². The van der Waals surface area contributed by atoms with Crippen LogP contribution in [0.2, 0.25) is 5.02 Å². The van der Waals surface area contributed by atoms with E-state index in [0.29, 0.717) is 17.6 Å². The molecule has 0 fully saturated rings. The van der Waals surface area contributed by atoms with Gasteiger partial charge in [0.05, 0.1) is 29.0 Å². The van der Waals surface area contributed by atoms with Crippen molar-refractivity contribution in [1.82, 2.24) is 9.78 Å². The first-order chi connectivity index (χ1) is 9.63. The van der Waals surface area contributed by atoms with Crippen LogP contribution in [0.3, 0.4) is 0 Å². The number of anilines is 1. The molecule has 0 spiro atoms. The Hall–Kier alpha value is -1.00. The van der Waals surface area contributed by atoms with Gasteiger partial charge in [0.1, 0.15) is 0 Å². The number of rotatable bonds is 6. The fraction of sp³-hybridized carbons (Fsp3) is 0.400. The van der Waals surface area contributed by atoms with Gasteiger partial charge in [0.2, 0.25) is 0 Å². The molecule has 1 aromatic carbocycles. The van der Waals surface area contributed by atoms with Crippen LogP contribution in [0.25, 0.3) is 0 Å². The molecule has 20 heavy (non-hydrogen) atoms. The highest BCUT2D eigenvalue weighted by Crippen LogP contribution is 2.26. The second kappa shape index (κ2) is 7.14. The molecule has 2 aromatic rings. The summed E-state index contributed by atoms with van der Waals surface area (Å²) in [5.74, 6) is 0. The highest BCUT2D eigenvalue weighted by atomic mass is 79.9. The van der Waals surface area contributed by atoms with E-state index in [0.717, 1.165) is 28.7 Å². The number of halogens is 2. The summed E-state index contributed by atoms with van der Waals surface area (Å²) in [6.07, 6.45) is 4.26. The Labute approximate surface area is 133 Å². The Balaban J connectivity index is 2.00. The molecule has 1 aromatic heterocycles. The molecule has 0 amide bonds. The number of nitrogens with one attached hydrogen (secondary N) is 1. The molecule has 0 saturated carbocycles. The highest BCUT2D eigenvalue weighted by Gasteiger charge is 2.08. The Morgan fingerprint density at radius 1 is 1.30 bits per heavy atom. The number of benzene rings is 1. The van der Waals surface area contributed by atoms with Crippen molar-refractivity contribution in [1.29, 1.82) is 0 Å². The van der Waals surface area contributed by atoms with Crippen LogP contribution in [0.5, 0.6) is 0 Å². The quantitative estimate of drug-likeness (QED) is 0.764. The van der Waals surface area contributed by atoms with Gasteiger partial charge in [0.15, 0.2) is 0 Å². The van der Waals surface area contributed by atoms with E-state index in [9.17, 15) is 0 Å². The van der Waals surface area contributed by atoms with E-state index < -0.39 is 0 Å². The van der Waals surface area contributed by atoms with Crippen molar-refractivity contribution >= 4 is 33.2 Å². The van der Waals surface area contributed by atoms with Crippen molar-refractivity contribution in [3.8, 4) is 0 Å². The monoisotopic (exact) mass is 355 g/mol. The van der Waals surface area contributed by atoms with E-state index >= 15 is 0 Å². The van der Waals surface area contributed by atoms with Crippen molar-refractivity contribution in [2.24, 2.45) is 0 Å². The van der Waals surface area contributed by atoms with Crippen LogP contribution in [-0.4, -0.2) is 9.78 Å². The summed E-state index contributed by atoms with van der Waals surface area (Å²) in [5.41, 5.74) is 1.95. The van der Waals surface area contributed by atoms with Gasteiger partial charge in [0.25, 0.3) is 0 Å². The first-order valence-electron chi connectivity index (χ1n) is 6.87. The van der Waals surface area contributed by atoms with Gasteiger partial charge >= 0.3 is 0 Å². The van der Waals surface area contributed by atoms with Crippen molar-refractivity contribution in [3.63, 3.8) is 0 Å². The zero-order valence-corrected chi connectivity index (χ0v) is 14.1. The average molecular weight is 357 g/mol. The summed E-state index contributed by atoms with van der Waals surface area (Å²) in [6, 6.07) is 8.35. The van der Waals surface area contributed by atoms with E-state index in [2.05, 4.69) is 57.1 Å². The number of hydrogen-bond donors (Lipinski definition) is 1. The van der Waals surface area contributed by atoms with E-state index in [-0.39, 0.29) is 0 Å². The first-order valence-corrected chi connectivity index (χ1v) is 8.04. The molecule has 0 aliphatic carbocycles. The van der Waals surface area contributed by atoms with Gasteiger partial charge in [-0.25, -0.2) is 0 Å². The van der Waals surface area contributed by atoms with E-state index in [1.807, 2.05) is 18.2 Å². The molecule has 2 rings (SSSR count). The third kappa shape index (κ3) is 3.76. The Bertz CT molecular complexity index is 564. The fourth-order valence-electron chi connectivity index (χ4n) is 2.16. The summed E-state index contributed by atoms with van der Waals surface area (Å²) in [6.45, 7) is 5.05. The molecule has 0 atom stereocenters. The zero-order valence-electron chi connectivity index (χ0n) is 11.7. The Morgan fingerprint density at radius 3 is 2.70 bits per heavy atom. The van der Waals surface area contributed by atoms with Crippen molar-refractivity contribution in [2.75, 3.05) is 5.32 Å². The lowest BCUT2D eigenvalue weighted by molar-refractivity contribution is 0.426. The number of nitrogens with zero attached hydrogens (tertiary/aromatic N) is 2. The molecule has 0 radical (unpaired) electrons. The van der Waals surface area contributed by atoms with Gasteiger partial charge in [0, 0.05) is 10.7 Å². The second-order valence-electron chi connectivity index (χ2n) is 4.74. The summed E-state index contributed by atoms with van der Waals surface area (Å²) < 4.78 is 3.03. The largest absolute Gasteiger partial charge is 0.378 e. The molecule has 108 valence electrons. The van der Waals surface area contributed by atoms with Gasteiger partial charge in [-0.15, -0.1) is 0 Å². The van der Waals surface area contributed by atoms with Crippen LogP contribution in [0.15, 0.2) is 34.9 Å². The molecular formula is C15H19BrClN3. The van der Waals surface area contributed by atoms with Gasteiger partial charge in [-0.2, -0.15) is 5.10 Å². The predicted octanol–water partition coefficient (Wildman–Crippen LogP) is 5.27. The van der Waals surface area contributed by atoms with Crippen LogP contribution in [0.1, 0.15) is 38.4 Å².